The molecule has 0 aliphatic carbocycles. The Morgan fingerprint density at radius 2 is 2.06 bits per heavy atom. The topological polar surface area (TPSA) is 48.1 Å². The van der Waals surface area contributed by atoms with Crippen LogP contribution in [0.3, 0.4) is 0 Å². The number of ether oxygens (including phenoxy) is 1. The molecule has 2 aromatic rings. The molecule has 0 unspecified atom stereocenters. The maximum absolute atomic E-state index is 13.5. The average Bonchev–Trinajstić information content (AvgIpc) is 2.29. The minimum Gasteiger partial charge on any atom is -0.494 e. The SMILES string of the molecule is COc1ccc(Cc2cncc(N)c2)cc1F. The van der Waals surface area contributed by atoms with Crippen LogP contribution in [-0.2, 0) is 6.42 Å². The van der Waals surface area contributed by atoms with E-state index >= 15 is 0 Å². The number of benzene rings is 1. The predicted octanol–water partition coefficient (Wildman–Crippen LogP) is 2.40. The highest BCUT2D eigenvalue weighted by Crippen LogP contribution is 2.19. The Morgan fingerprint density at radius 1 is 1.24 bits per heavy atom. The average molecular weight is 232 g/mol. The predicted molar refractivity (Wildman–Crippen MR) is 64.4 cm³/mol. The van der Waals surface area contributed by atoms with Crippen molar-refractivity contribution in [3.05, 3.63) is 53.6 Å². The van der Waals surface area contributed by atoms with E-state index in [1.165, 1.54) is 13.2 Å². The zero-order valence-electron chi connectivity index (χ0n) is 9.48. The number of nitrogens with two attached hydrogens (primary N) is 1. The van der Waals surface area contributed by atoms with Gasteiger partial charge in [-0.05, 0) is 35.7 Å². The first-order valence-electron chi connectivity index (χ1n) is 5.21. The largest absolute Gasteiger partial charge is 0.494 e. The Morgan fingerprint density at radius 3 is 2.71 bits per heavy atom. The van der Waals surface area contributed by atoms with Gasteiger partial charge in [0.15, 0.2) is 11.6 Å². The number of aromatic nitrogens is 1. The van der Waals surface area contributed by atoms with Crippen LogP contribution in [0.1, 0.15) is 11.1 Å². The minimum absolute atomic E-state index is 0.249. The standard InChI is InChI=1S/C13H13FN2O/c1-17-13-3-2-9(6-12(13)14)4-10-5-11(15)8-16-7-10/h2-3,5-8H,4,15H2,1H3. The second-order valence-corrected chi connectivity index (χ2v) is 3.77. The number of methoxy groups -OCH3 is 1. The van der Waals surface area contributed by atoms with Crippen LogP contribution in [-0.4, -0.2) is 12.1 Å². The molecular weight excluding hydrogens is 219 g/mol. The first-order chi connectivity index (χ1) is 8.19. The van der Waals surface area contributed by atoms with Crippen molar-refractivity contribution in [2.45, 2.75) is 6.42 Å². The molecule has 0 spiro atoms. The van der Waals surface area contributed by atoms with E-state index in [2.05, 4.69) is 4.98 Å². The summed E-state index contributed by atoms with van der Waals surface area (Å²) in [5.41, 5.74) is 8.05. The van der Waals surface area contributed by atoms with Crippen molar-refractivity contribution in [2.24, 2.45) is 0 Å². The molecule has 0 saturated carbocycles. The summed E-state index contributed by atoms with van der Waals surface area (Å²) in [5.74, 6) is -0.110. The molecule has 0 amide bonds. The third-order valence-electron chi connectivity index (χ3n) is 2.44. The summed E-state index contributed by atoms with van der Waals surface area (Å²) in [7, 11) is 1.44. The normalized spacial score (nSPS) is 10.2. The summed E-state index contributed by atoms with van der Waals surface area (Å²) in [5, 5.41) is 0. The molecule has 0 atom stereocenters. The lowest BCUT2D eigenvalue weighted by molar-refractivity contribution is 0.386. The van der Waals surface area contributed by atoms with Crippen molar-refractivity contribution >= 4 is 5.69 Å². The third-order valence-corrected chi connectivity index (χ3v) is 2.44. The lowest BCUT2D eigenvalue weighted by Crippen LogP contribution is -1.95. The Labute approximate surface area is 99.1 Å². The van der Waals surface area contributed by atoms with Crippen molar-refractivity contribution in [3.8, 4) is 5.75 Å². The highest BCUT2D eigenvalue weighted by Gasteiger charge is 2.04. The summed E-state index contributed by atoms with van der Waals surface area (Å²) in [6.07, 6.45) is 3.90. The molecule has 2 rings (SSSR count). The molecule has 3 nitrogen and oxygen atoms in total. The maximum Gasteiger partial charge on any atom is 0.165 e. The number of hydrogen-bond donors (Lipinski definition) is 1. The zero-order chi connectivity index (χ0) is 12.3. The lowest BCUT2D eigenvalue weighted by atomic mass is 10.1. The van der Waals surface area contributed by atoms with Gasteiger partial charge in [0.05, 0.1) is 12.8 Å². The van der Waals surface area contributed by atoms with Crippen LogP contribution < -0.4 is 10.5 Å². The molecule has 0 bridgehead atoms. The van der Waals surface area contributed by atoms with Gasteiger partial charge in [-0.3, -0.25) is 4.98 Å². The molecule has 0 aliphatic rings. The zero-order valence-corrected chi connectivity index (χ0v) is 9.48. The fourth-order valence-electron chi connectivity index (χ4n) is 1.66. The summed E-state index contributed by atoms with van der Waals surface area (Å²) in [6, 6.07) is 6.73. The van der Waals surface area contributed by atoms with Gasteiger partial charge in [-0.2, -0.15) is 0 Å². The van der Waals surface area contributed by atoms with E-state index in [4.69, 9.17) is 10.5 Å². The van der Waals surface area contributed by atoms with Gasteiger partial charge in [0.2, 0.25) is 0 Å². The van der Waals surface area contributed by atoms with Gasteiger partial charge in [0, 0.05) is 12.4 Å². The van der Waals surface area contributed by atoms with E-state index in [9.17, 15) is 4.39 Å². The van der Waals surface area contributed by atoms with Crippen LogP contribution in [0.4, 0.5) is 10.1 Å². The second-order valence-electron chi connectivity index (χ2n) is 3.77. The van der Waals surface area contributed by atoms with Crippen LogP contribution >= 0.6 is 0 Å². The molecule has 0 saturated heterocycles. The molecule has 88 valence electrons. The molecule has 0 radical (unpaired) electrons. The van der Waals surface area contributed by atoms with Gasteiger partial charge in [0.1, 0.15) is 0 Å². The van der Waals surface area contributed by atoms with Crippen LogP contribution in [0.2, 0.25) is 0 Å². The molecule has 4 heteroatoms. The van der Waals surface area contributed by atoms with Crippen LogP contribution in [0, 0.1) is 5.82 Å². The summed E-state index contributed by atoms with van der Waals surface area (Å²) >= 11 is 0. The molecule has 17 heavy (non-hydrogen) atoms. The second kappa shape index (κ2) is 4.82. The monoisotopic (exact) mass is 232 g/mol. The molecule has 1 aromatic carbocycles. The maximum atomic E-state index is 13.5. The Balaban J connectivity index is 2.22. The first-order valence-corrected chi connectivity index (χ1v) is 5.21. The minimum atomic E-state index is -0.359. The molecule has 2 N–H and O–H groups in total. The number of nitrogens with zero attached hydrogens (tertiary/aromatic N) is 1. The number of pyridine rings is 1. The van der Waals surface area contributed by atoms with E-state index in [0.29, 0.717) is 12.1 Å². The van der Waals surface area contributed by atoms with Gasteiger partial charge in [0.25, 0.3) is 0 Å². The number of halogens is 1. The van der Waals surface area contributed by atoms with Gasteiger partial charge in [-0.1, -0.05) is 6.07 Å². The quantitative estimate of drug-likeness (QED) is 0.884. The molecular formula is C13H13FN2O. The fourth-order valence-corrected chi connectivity index (χ4v) is 1.66. The van der Waals surface area contributed by atoms with E-state index in [1.807, 2.05) is 12.1 Å². The molecule has 1 heterocycles. The Hall–Kier alpha value is -2.10. The number of rotatable bonds is 3. The lowest BCUT2D eigenvalue weighted by Gasteiger charge is -2.05. The third kappa shape index (κ3) is 2.72. The molecule has 1 aromatic heterocycles. The molecule has 0 fully saturated rings. The van der Waals surface area contributed by atoms with Crippen molar-refractivity contribution in [1.29, 1.82) is 0 Å². The summed E-state index contributed by atoms with van der Waals surface area (Å²) < 4.78 is 18.3. The van der Waals surface area contributed by atoms with Crippen molar-refractivity contribution in [1.82, 2.24) is 4.98 Å². The van der Waals surface area contributed by atoms with E-state index < -0.39 is 0 Å². The number of nitrogen functional groups attached to an aromatic ring is 1. The highest BCUT2D eigenvalue weighted by atomic mass is 19.1. The number of hydrogen-bond acceptors (Lipinski definition) is 3. The fraction of sp³-hybridized carbons (Fsp3) is 0.154. The van der Waals surface area contributed by atoms with Crippen LogP contribution in [0.15, 0.2) is 36.7 Å². The van der Waals surface area contributed by atoms with Gasteiger partial charge < -0.3 is 10.5 Å². The van der Waals surface area contributed by atoms with Crippen molar-refractivity contribution in [2.75, 3.05) is 12.8 Å². The first kappa shape index (κ1) is 11.4. The number of anilines is 1. The van der Waals surface area contributed by atoms with Gasteiger partial charge in [-0.15, -0.1) is 0 Å². The van der Waals surface area contributed by atoms with Crippen molar-refractivity contribution in [3.63, 3.8) is 0 Å². The van der Waals surface area contributed by atoms with E-state index in [1.54, 1.807) is 18.5 Å². The van der Waals surface area contributed by atoms with E-state index in [-0.39, 0.29) is 11.6 Å². The van der Waals surface area contributed by atoms with Gasteiger partial charge in [-0.25, -0.2) is 4.39 Å². The van der Waals surface area contributed by atoms with Crippen LogP contribution in [0.25, 0.3) is 0 Å². The Bertz CT molecular complexity index is 529. The van der Waals surface area contributed by atoms with Gasteiger partial charge >= 0.3 is 0 Å². The highest BCUT2D eigenvalue weighted by molar-refractivity contribution is 5.39. The summed E-state index contributed by atoms with van der Waals surface area (Å²) in [4.78, 5) is 3.99. The molecule has 0 aliphatic heterocycles. The van der Waals surface area contributed by atoms with Crippen molar-refractivity contribution < 1.29 is 9.13 Å². The smallest absolute Gasteiger partial charge is 0.165 e. The summed E-state index contributed by atoms with van der Waals surface area (Å²) in [6.45, 7) is 0. The van der Waals surface area contributed by atoms with Crippen LogP contribution in [0.5, 0.6) is 5.75 Å². The van der Waals surface area contributed by atoms with E-state index in [0.717, 1.165) is 11.1 Å². The Kier molecular flexibility index (Phi) is 3.23.